The maximum atomic E-state index is 5.76. The van der Waals surface area contributed by atoms with Gasteiger partial charge in [0.2, 0.25) is 0 Å². The van der Waals surface area contributed by atoms with Crippen LogP contribution in [-0.4, -0.2) is 17.5 Å². The molecule has 0 spiro atoms. The average molecular weight is 265 g/mol. The van der Waals surface area contributed by atoms with Crippen LogP contribution in [0.5, 0.6) is 0 Å². The van der Waals surface area contributed by atoms with Crippen molar-refractivity contribution in [2.24, 2.45) is 11.8 Å². The fraction of sp³-hybridized carbons (Fsp3) is 1.00. The van der Waals surface area contributed by atoms with Gasteiger partial charge >= 0.3 is 0 Å². The maximum Gasteiger partial charge on any atom is 0.115 e. The molecular formula is C8H15BIO. The van der Waals surface area contributed by atoms with Crippen molar-refractivity contribution in [3.05, 3.63) is 0 Å². The highest BCUT2D eigenvalue weighted by Crippen LogP contribution is 2.43. The Hall–Kier alpha value is 0.755. The fourth-order valence-electron chi connectivity index (χ4n) is 1.49. The van der Waals surface area contributed by atoms with E-state index in [4.69, 9.17) is 4.74 Å². The van der Waals surface area contributed by atoms with Gasteiger partial charge in [0.15, 0.2) is 0 Å². The number of rotatable bonds is 2. The lowest BCUT2D eigenvalue weighted by molar-refractivity contribution is 0.0934. The summed E-state index contributed by atoms with van der Waals surface area (Å²) in [6, 6.07) is 0. The van der Waals surface area contributed by atoms with E-state index in [1.165, 1.54) is 0 Å². The molecule has 0 N–H and O–H groups in total. The number of hydrogen-bond acceptors (Lipinski definition) is 1. The minimum atomic E-state index is 0.0892. The van der Waals surface area contributed by atoms with E-state index in [1.807, 2.05) is 0 Å². The van der Waals surface area contributed by atoms with Crippen LogP contribution in [0.15, 0.2) is 0 Å². The number of alkyl halides is 1. The van der Waals surface area contributed by atoms with Crippen LogP contribution in [0.1, 0.15) is 13.8 Å². The predicted molar refractivity (Wildman–Crippen MR) is 57.5 cm³/mol. The van der Waals surface area contributed by atoms with Crippen molar-refractivity contribution >= 4 is 29.9 Å². The van der Waals surface area contributed by atoms with E-state index < -0.39 is 0 Å². The Kier molecular flexibility index (Phi) is 3.26. The standard InChI is InChI=1S/C8H15BIO/c1-6-4-11-8(10,5-9-3)7(6)2/h6-7H,4-5H2,1-3H3/t6?,7-,8+/m0/s1. The number of hydrogen-bond donors (Lipinski definition) is 0. The molecule has 1 aliphatic heterocycles. The van der Waals surface area contributed by atoms with Crippen molar-refractivity contribution in [1.29, 1.82) is 0 Å². The molecular weight excluding hydrogens is 250 g/mol. The molecule has 0 aromatic heterocycles. The highest BCUT2D eigenvalue weighted by molar-refractivity contribution is 14.1. The molecule has 0 bridgehead atoms. The van der Waals surface area contributed by atoms with Crippen LogP contribution in [0.25, 0.3) is 0 Å². The molecule has 1 rings (SSSR count). The van der Waals surface area contributed by atoms with Crippen LogP contribution in [0.3, 0.4) is 0 Å². The van der Waals surface area contributed by atoms with Gasteiger partial charge in [-0.3, -0.25) is 0 Å². The first kappa shape index (κ1) is 9.84. The van der Waals surface area contributed by atoms with Crippen molar-refractivity contribution in [3.8, 4) is 0 Å². The van der Waals surface area contributed by atoms with Crippen LogP contribution in [0.2, 0.25) is 13.1 Å². The van der Waals surface area contributed by atoms with E-state index in [0.717, 1.165) is 12.9 Å². The van der Waals surface area contributed by atoms with E-state index in [1.54, 1.807) is 0 Å². The minimum absolute atomic E-state index is 0.0892. The quantitative estimate of drug-likeness (QED) is 0.423. The molecule has 11 heavy (non-hydrogen) atoms. The van der Waals surface area contributed by atoms with Gasteiger partial charge in [0.1, 0.15) is 10.9 Å². The summed E-state index contributed by atoms with van der Waals surface area (Å²) in [6.07, 6.45) is 1.07. The van der Waals surface area contributed by atoms with E-state index in [9.17, 15) is 0 Å². The average Bonchev–Trinajstić information content (AvgIpc) is 2.19. The highest BCUT2D eigenvalue weighted by Gasteiger charge is 2.42. The summed E-state index contributed by atoms with van der Waals surface area (Å²) in [5.41, 5.74) is 0. The molecule has 1 aliphatic rings. The smallest absolute Gasteiger partial charge is 0.115 e. The first-order chi connectivity index (χ1) is 5.10. The molecule has 1 unspecified atom stereocenters. The number of ether oxygens (including phenoxy) is 1. The molecule has 0 aromatic rings. The van der Waals surface area contributed by atoms with Gasteiger partial charge in [-0.25, -0.2) is 0 Å². The molecule has 63 valence electrons. The lowest BCUT2D eigenvalue weighted by atomic mass is 9.72. The molecule has 3 atom stereocenters. The fourth-order valence-corrected chi connectivity index (χ4v) is 2.73. The summed E-state index contributed by atoms with van der Waals surface area (Å²) >= 11 is 2.45. The van der Waals surface area contributed by atoms with Gasteiger partial charge in [-0.2, -0.15) is 0 Å². The molecule has 0 saturated carbocycles. The van der Waals surface area contributed by atoms with Gasteiger partial charge in [0.05, 0.1) is 6.61 Å². The molecule has 1 heterocycles. The Morgan fingerprint density at radius 3 is 2.64 bits per heavy atom. The Balaban J connectivity index is 2.57. The SMILES string of the molecule is C[B]C[C@@]1(I)OCC(C)[C@@H]1C. The summed E-state index contributed by atoms with van der Waals surface area (Å²) in [5.74, 6) is 1.39. The normalized spacial score (nSPS) is 44.4. The molecule has 0 aliphatic carbocycles. The summed E-state index contributed by atoms with van der Waals surface area (Å²) in [7, 11) is 2.20. The van der Waals surface area contributed by atoms with Crippen molar-refractivity contribution in [1.82, 2.24) is 0 Å². The monoisotopic (exact) mass is 265 g/mol. The third-order valence-corrected chi connectivity index (χ3v) is 4.34. The third-order valence-electron chi connectivity index (χ3n) is 2.60. The lowest BCUT2D eigenvalue weighted by Gasteiger charge is -2.26. The summed E-state index contributed by atoms with van der Waals surface area (Å²) in [4.78, 5) is 0. The first-order valence-corrected chi connectivity index (χ1v) is 5.28. The van der Waals surface area contributed by atoms with Crippen LogP contribution >= 0.6 is 22.6 Å². The van der Waals surface area contributed by atoms with Gasteiger partial charge in [-0.15, -0.1) is 0 Å². The van der Waals surface area contributed by atoms with E-state index in [0.29, 0.717) is 11.8 Å². The minimum Gasteiger partial charge on any atom is -0.365 e. The first-order valence-electron chi connectivity index (χ1n) is 4.21. The van der Waals surface area contributed by atoms with Crippen molar-refractivity contribution in [3.63, 3.8) is 0 Å². The van der Waals surface area contributed by atoms with E-state index in [-0.39, 0.29) is 3.61 Å². The summed E-state index contributed by atoms with van der Waals surface area (Å²) in [5, 5.41) is 0. The zero-order valence-electron chi connectivity index (χ0n) is 7.43. The third kappa shape index (κ3) is 1.91. The Labute approximate surface area is 83.7 Å². The maximum absolute atomic E-state index is 5.76. The van der Waals surface area contributed by atoms with Crippen LogP contribution in [0, 0.1) is 11.8 Å². The molecule has 1 saturated heterocycles. The zero-order chi connectivity index (χ0) is 8.48. The van der Waals surface area contributed by atoms with Crippen LogP contribution in [0.4, 0.5) is 0 Å². The second kappa shape index (κ2) is 3.65. The molecule has 1 fully saturated rings. The summed E-state index contributed by atoms with van der Waals surface area (Å²) < 4.78 is 5.85. The molecule has 0 aromatic carbocycles. The lowest BCUT2D eigenvalue weighted by Crippen LogP contribution is -2.28. The van der Waals surface area contributed by atoms with Crippen LogP contribution < -0.4 is 0 Å². The molecule has 3 heteroatoms. The molecule has 0 amide bonds. The molecule has 1 radical (unpaired) electrons. The molecule has 1 nitrogen and oxygen atoms in total. The van der Waals surface area contributed by atoms with Gasteiger partial charge in [0, 0.05) is 0 Å². The highest BCUT2D eigenvalue weighted by atomic mass is 127. The Morgan fingerprint density at radius 1 is 1.64 bits per heavy atom. The number of halogens is 1. The van der Waals surface area contributed by atoms with Crippen molar-refractivity contribution in [2.75, 3.05) is 6.61 Å². The summed E-state index contributed by atoms with van der Waals surface area (Å²) in [6.45, 7) is 7.58. The van der Waals surface area contributed by atoms with Crippen LogP contribution in [-0.2, 0) is 4.74 Å². The van der Waals surface area contributed by atoms with E-state index in [2.05, 4.69) is 50.5 Å². The second-order valence-corrected chi connectivity index (χ2v) is 5.30. The Morgan fingerprint density at radius 2 is 2.27 bits per heavy atom. The van der Waals surface area contributed by atoms with Crippen molar-refractivity contribution in [2.45, 2.75) is 30.6 Å². The van der Waals surface area contributed by atoms with E-state index >= 15 is 0 Å². The largest absolute Gasteiger partial charge is 0.365 e. The second-order valence-electron chi connectivity index (χ2n) is 3.48. The van der Waals surface area contributed by atoms with Gasteiger partial charge < -0.3 is 4.74 Å². The Bertz CT molecular complexity index is 138. The van der Waals surface area contributed by atoms with Gasteiger partial charge in [0.25, 0.3) is 0 Å². The van der Waals surface area contributed by atoms with Gasteiger partial charge in [-0.05, 0) is 40.7 Å². The topological polar surface area (TPSA) is 9.23 Å². The zero-order valence-corrected chi connectivity index (χ0v) is 9.59. The van der Waals surface area contributed by atoms with Crippen molar-refractivity contribution < 1.29 is 4.74 Å². The predicted octanol–water partition coefficient (Wildman–Crippen LogP) is 2.59. The van der Waals surface area contributed by atoms with Gasteiger partial charge in [-0.1, -0.05) is 20.7 Å².